The molecule has 0 radical (unpaired) electrons. The van der Waals surface area contributed by atoms with Gasteiger partial charge in [0.2, 0.25) is 5.67 Å². The predicted octanol–water partition coefficient (Wildman–Crippen LogP) is 4.39. The number of hydrogen-bond donors (Lipinski definition) is 0. The van der Waals surface area contributed by atoms with E-state index in [0.717, 1.165) is 0 Å². The van der Waals surface area contributed by atoms with Crippen LogP contribution in [0.3, 0.4) is 0 Å². The van der Waals surface area contributed by atoms with Crippen LogP contribution < -0.4 is 0 Å². The summed E-state index contributed by atoms with van der Waals surface area (Å²) in [5, 5.41) is 0. The van der Waals surface area contributed by atoms with Gasteiger partial charge in [-0.1, -0.05) is 13.8 Å². The number of alkyl halides is 2. The van der Waals surface area contributed by atoms with Gasteiger partial charge >= 0.3 is 0 Å². The van der Waals surface area contributed by atoms with Gasteiger partial charge in [0.05, 0.1) is 0 Å². The zero-order valence-electron chi connectivity index (χ0n) is 8.63. The topological polar surface area (TPSA) is 0 Å². The molecule has 0 aliphatic heterocycles. The van der Waals surface area contributed by atoms with Crippen LogP contribution in [0.1, 0.15) is 20.3 Å². The SMILES string of the molecule is CC(C)CC1(F)C(F)=C(F)C(F)=C(F)C1F. The average Bonchev–Trinajstić information content (AvgIpc) is 2.21. The third kappa shape index (κ3) is 1.85. The van der Waals surface area contributed by atoms with E-state index in [2.05, 4.69) is 0 Å². The van der Waals surface area contributed by atoms with E-state index < -0.39 is 47.5 Å². The summed E-state index contributed by atoms with van der Waals surface area (Å²) in [6.07, 6.45) is -3.91. The van der Waals surface area contributed by atoms with Gasteiger partial charge in [-0.05, 0) is 12.3 Å². The highest BCUT2D eigenvalue weighted by Gasteiger charge is 2.54. The molecule has 0 saturated heterocycles. The maximum atomic E-state index is 13.8. The Morgan fingerprint density at radius 1 is 1.12 bits per heavy atom. The molecule has 2 atom stereocenters. The zero-order chi connectivity index (χ0) is 12.7. The van der Waals surface area contributed by atoms with E-state index in [1.54, 1.807) is 0 Å². The van der Waals surface area contributed by atoms with Crippen molar-refractivity contribution in [3.8, 4) is 0 Å². The fourth-order valence-electron chi connectivity index (χ4n) is 1.59. The van der Waals surface area contributed by atoms with Crippen LogP contribution in [0.25, 0.3) is 0 Å². The molecular formula is C10H10F6. The van der Waals surface area contributed by atoms with E-state index >= 15 is 0 Å². The standard InChI is InChI=1S/C10H10F6/c1-4(2)3-10(16)8(14)6(12)5(11)7(13)9(10)15/h4,8H,3H2,1-2H3. The second-order valence-corrected chi connectivity index (χ2v) is 4.11. The summed E-state index contributed by atoms with van der Waals surface area (Å²) in [4.78, 5) is 0. The first-order valence-corrected chi connectivity index (χ1v) is 4.66. The van der Waals surface area contributed by atoms with Crippen molar-refractivity contribution in [2.24, 2.45) is 5.92 Å². The van der Waals surface area contributed by atoms with Crippen LogP contribution in [0, 0.1) is 5.92 Å². The van der Waals surface area contributed by atoms with Crippen LogP contribution in [-0.4, -0.2) is 11.8 Å². The Balaban J connectivity index is 3.24. The van der Waals surface area contributed by atoms with Crippen LogP contribution in [0.4, 0.5) is 26.3 Å². The van der Waals surface area contributed by atoms with Crippen molar-refractivity contribution in [3.63, 3.8) is 0 Å². The largest absolute Gasteiger partial charge is 0.236 e. The Morgan fingerprint density at radius 2 is 1.62 bits per heavy atom. The molecule has 0 N–H and O–H groups in total. The summed E-state index contributed by atoms with van der Waals surface area (Å²) < 4.78 is 78.2. The van der Waals surface area contributed by atoms with Crippen LogP contribution in [0.5, 0.6) is 0 Å². The lowest BCUT2D eigenvalue weighted by Crippen LogP contribution is -2.41. The Morgan fingerprint density at radius 3 is 2.06 bits per heavy atom. The minimum Gasteiger partial charge on any atom is -0.236 e. The van der Waals surface area contributed by atoms with E-state index in [1.807, 2.05) is 0 Å². The minimum atomic E-state index is -3.46. The van der Waals surface area contributed by atoms with Crippen LogP contribution in [0.2, 0.25) is 0 Å². The number of allylic oxidation sites excluding steroid dienone is 4. The molecule has 92 valence electrons. The van der Waals surface area contributed by atoms with E-state index in [1.165, 1.54) is 13.8 Å². The third-order valence-electron chi connectivity index (χ3n) is 2.29. The summed E-state index contributed by atoms with van der Waals surface area (Å²) in [6, 6.07) is 0. The van der Waals surface area contributed by atoms with Crippen molar-refractivity contribution < 1.29 is 26.3 Å². The summed E-state index contributed by atoms with van der Waals surface area (Å²) in [5.41, 5.74) is -3.46. The molecule has 0 saturated carbocycles. The summed E-state index contributed by atoms with van der Waals surface area (Å²) in [6.45, 7) is 2.84. The molecule has 1 aliphatic rings. The molecule has 0 heterocycles. The van der Waals surface area contributed by atoms with Gasteiger partial charge < -0.3 is 0 Å². The Hall–Kier alpha value is -0.940. The van der Waals surface area contributed by atoms with E-state index in [-0.39, 0.29) is 0 Å². The molecule has 0 amide bonds. The predicted molar refractivity (Wildman–Crippen MR) is 46.7 cm³/mol. The zero-order valence-corrected chi connectivity index (χ0v) is 8.63. The third-order valence-corrected chi connectivity index (χ3v) is 2.29. The highest BCUT2D eigenvalue weighted by atomic mass is 19.2. The van der Waals surface area contributed by atoms with Crippen LogP contribution in [0.15, 0.2) is 23.3 Å². The van der Waals surface area contributed by atoms with Gasteiger partial charge in [0.1, 0.15) is 0 Å². The molecule has 0 aromatic heterocycles. The molecule has 1 rings (SSSR count). The minimum absolute atomic E-state index is 0.546. The van der Waals surface area contributed by atoms with Gasteiger partial charge in [0, 0.05) is 0 Å². The van der Waals surface area contributed by atoms with Gasteiger partial charge in [0.15, 0.2) is 29.5 Å². The summed E-state index contributed by atoms with van der Waals surface area (Å²) in [7, 11) is 0. The smallest absolute Gasteiger partial charge is 0.202 e. The molecule has 6 heteroatoms. The molecule has 0 spiro atoms. The molecule has 0 aromatic carbocycles. The van der Waals surface area contributed by atoms with E-state index in [0.29, 0.717) is 0 Å². The lowest BCUT2D eigenvalue weighted by Gasteiger charge is -2.30. The van der Waals surface area contributed by atoms with Gasteiger partial charge in [-0.15, -0.1) is 0 Å². The number of halogens is 6. The quantitative estimate of drug-likeness (QED) is 0.632. The first kappa shape index (κ1) is 13.1. The molecule has 2 unspecified atom stereocenters. The second kappa shape index (κ2) is 4.14. The Kier molecular flexibility index (Phi) is 3.40. The molecule has 1 aliphatic carbocycles. The Labute approximate surface area is 88.6 Å². The van der Waals surface area contributed by atoms with Crippen LogP contribution in [-0.2, 0) is 0 Å². The Bertz CT molecular complexity index is 356. The van der Waals surface area contributed by atoms with Crippen molar-refractivity contribution in [1.29, 1.82) is 0 Å². The maximum absolute atomic E-state index is 13.8. The number of hydrogen-bond acceptors (Lipinski definition) is 0. The lowest BCUT2D eigenvalue weighted by atomic mass is 9.84. The molecule has 0 fully saturated rings. The van der Waals surface area contributed by atoms with Crippen molar-refractivity contribution in [2.75, 3.05) is 0 Å². The van der Waals surface area contributed by atoms with Gasteiger partial charge in [0.25, 0.3) is 0 Å². The molecule has 0 aromatic rings. The summed E-state index contributed by atoms with van der Waals surface area (Å²) in [5.74, 6) is -9.60. The fraction of sp³-hybridized carbons (Fsp3) is 0.600. The lowest BCUT2D eigenvalue weighted by molar-refractivity contribution is 0.0386. The first-order valence-electron chi connectivity index (χ1n) is 4.66. The molecule has 16 heavy (non-hydrogen) atoms. The molecule has 0 bridgehead atoms. The summed E-state index contributed by atoms with van der Waals surface area (Å²) >= 11 is 0. The first-order chi connectivity index (χ1) is 7.21. The number of rotatable bonds is 2. The fourth-order valence-corrected chi connectivity index (χ4v) is 1.59. The van der Waals surface area contributed by atoms with E-state index in [9.17, 15) is 26.3 Å². The average molecular weight is 244 g/mol. The monoisotopic (exact) mass is 244 g/mol. The van der Waals surface area contributed by atoms with E-state index in [4.69, 9.17) is 0 Å². The van der Waals surface area contributed by atoms with Crippen molar-refractivity contribution in [1.82, 2.24) is 0 Å². The highest BCUT2D eigenvalue weighted by molar-refractivity contribution is 5.39. The highest BCUT2D eigenvalue weighted by Crippen LogP contribution is 2.47. The van der Waals surface area contributed by atoms with Crippen molar-refractivity contribution in [3.05, 3.63) is 23.3 Å². The molecule has 0 nitrogen and oxygen atoms in total. The van der Waals surface area contributed by atoms with Gasteiger partial charge in [-0.25, -0.2) is 26.3 Å². The van der Waals surface area contributed by atoms with Crippen molar-refractivity contribution in [2.45, 2.75) is 32.1 Å². The van der Waals surface area contributed by atoms with Gasteiger partial charge in [-0.2, -0.15) is 0 Å². The molecular weight excluding hydrogens is 234 g/mol. The normalized spacial score (nSPS) is 31.7. The van der Waals surface area contributed by atoms with Gasteiger partial charge in [-0.3, -0.25) is 0 Å². The maximum Gasteiger partial charge on any atom is 0.202 e. The van der Waals surface area contributed by atoms with Crippen molar-refractivity contribution >= 4 is 0 Å². The second-order valence-electron chi connectivity index (χ2n) is 4.11. The van der Waals surface area contributed by atoms with Crippen LogP contribution >= 0.6 is 0 Å².